The fourth-order valence-corrected chi connectivity index (χ4v) is 4.41. The Kier molecular flexibility index (Phi) is 4.60. The number of aliphatic hydroxyl groups is 1. The van der Waals surface area contributed by atoms with Crippen molar-refractivity contribution in [3.05, 3.63) is 0 Å². The van der Waals surface area contributed by atoms with Crippen molar-refractivity contribution in [1.82, 2.24) is 15.1 Å². The van der Waals surface area contributed by atoms with E-state index in [9.17, 15) is 5.11 Å². The van der Waals surface area contributed by atoms with Crippen molar-refractivity contribution in [2.75, 3.05) is 26.7 Å². The fourth-order valence-electron chi connectivity index (χ4n) is 4.41. The number of nitrogens with zero attached hydrogens (tertiary/aromatic N) is 2. The molecule has 0 spiro atoms. The zero-order valence-corrected chi connectivity index (χ0v) is 14.0. The van der Waals surface area contributed by atoms with Gasteiger partial charge < -0.3 is 10.4 Å². The molecule has 0 aromatic heterocycles. The summed E-state index contributed by atoms with van der Waals surface area (Å²) in [5.41, 5.74) is -0.113. The molecule has 0 amide bonds. The average Bonchev–Trinajstić information content (AvgIpc) is 3.17. The summed E-state index contributed by atoms with van der Waals surface area (Å²) in [6, 6.07) is 2.75. The van der Waals surface area contributed by atoms with Crippen molar-refractivity contribution in [2.45, 2.75) is 82.1 Å². The van der Waals surface area contributed by atoms with Crippen LogP contribution in [-0.4, -0.2) is 71.4 Å². The largest absolute Gasteiger partial charge is 0.394 e. The molecule has 0 aromatic rings. The third kappa shape index (κ3) is 3.61. The van der Waals surface area contributed by atoms with Crippen LogP contribution in [0.2, 0.25) is 0 Å². The molecule has 0 aromatic carbocycles. The maximum absolute atomic E-state index is 9.82. The van der Waals surface area contributed by atoms with Gasteiger partial charge in [0.15, 0.2) is 0 Å². The molecule has 2 aliphatic heterocycles. The van der Waals surface area contributed by atoms with Gasteiger partial charge in [-0.05, 0) is 66.0 Å². The van der Waals surface area contributed by atoms with Crippen LogP contribution in [0.25, 0.3) is 0 Å². The van der Waals surface area contributed by atoms with Gasteiger partial charge >= 0.3 is 0 Å². The average molecular weight is 295 g/mol. The normalized spacial score (nSPS) is 35.4. The Balaban J connectivity index is 1.57. The number of hydrogen-bond acceptors (Lipinski definition) is 4. The summed E-state index contributed by atoms with van der Waals surface area (Å²) in [5.74, 6) is 0. The highest BCUT2D eigenvalue weighted by molar-refractivity contribution is 4.97. The fraction of sp³-hybridized carbons (Fsp3) is 1.00. The minimum Gasteiger partial charge on any atom is -0.394 e. The zero-order valence-electron chi connectivity index (χ0n) is 14.0. The van der Waals surface area contributed by atoms with Crippen molar-refractivity contribution in [3.63, 3.8) is 0 Å². The first-order valence-corrected chi connectivity index (χ1v) is 8.85. The molecule has 2 saturated heterocycles. The molecule has 4 heteroatoms. The van der Waals surface area contributed by atoms with E-state index in [0.29, 0.717) is 12.1 Å². The number of nitrogens with one attached hydrogen (secondary N) is 1. The molecule has 3 aliphatic rings. The van der Waals surface area contributed by atoms with E-state index >= 15 is 0 Å². The highest BCUT2D eigenvalue weighted by Crippen LogP contribution is 2.31. The molecule has 2 bridgehead atoms. The summed E-state index contributed by atoms with van der Waals surface area (Å²) >= 11 is 0. The lowest BCUT2D eigenvalue weighted by molar-refractivity contribution is 0.107. The van der Waals surface area contributed by atoms with Crippen LogP contribution in [0.1, 0.15) is 52.4 Å². The van der Waals surface area contributed by atoms with Crippen LogP contribution in [0.5, 0.6) is 0 Å². The molecule has 122 valence electrons. The first-order valence-electron chi connectivity index (χ1n) is 8.85. The second-order valence-corrected chi connectivity index (χ2v) is 8.02. The van der Waals surface area contributed by atoms with Crippen LogP contribution in [-0.2, 0) is 0 Å². The number of hydrogen-bond donors (Lipinski definition) is 2. The third-order valence-corrected chi connectivity index (χ3v) is 6.03. The smallest absolute Gasteiger partial charge is 0.0611 e. The molecular formula is C17H33N3O. The molecule has 1 aliphatic carbocycles. The lowest BCUT2D eigenvalue weighted by Gasteiger charge is -2.38. The molecule has 4 nitrogen and oxygen atoms in total. The second-order valence-electron chi connectivity index (χ2n) is 8.02. The first-order chi connectivity index (χ1) is 10.0. The zero-order chi connectivity index (χ0) is 15.0. The summed E-state index contributed by atoms with van der Waals surface area (Å²) < 4.78 is 0. The van der Waals surface area contributed by atoms with Gasteiger partial charge in [-0.3, -0.25) is 9.80 Å². The molecule has 1 saturated carbocycles. The highest BCUT2D eigenvalue weighted by Gasteiger charge is 2.38. The van der Waals surface area contributed by atoms with Gasteiger partial charge in [-0.2, -0.15) is 0 Å². The molecule has 2 heterocycles. The Morgan fingerprint density at radius 1 is 1.19 bits per heavy atom. The molecule has 0 radical (unpaired) electrons. The SMILES string of the molecule is CC(CC(C)(CO)NC1CC1)N1CCC2CCC(C1)N2C. The second kappa shape index (κ2) is 6.15. The molecule has 21 heavy (non-hydrogen) atoms. The van der Waals surface area contributed by atoms with Gasteiger partial charge in [-0.15, -0.1) is 0 Å². The molecule has 4 atom stereocenters. The maximum atomic E-state index is 9.82. The molecular weight excluding hydrogens is 262 g/mol. The molecule has 3 rings (SSSR count). The van der Waals surface area contributed by atoms with Gasteiger partial charge in [0, 0.05) is 36.3 Å². The van der Waals surface area contributed by atoms with E-state index in [1.165, 1.54) is 45.2 Å². The van der Waals surface area contributed by atoms with Crippen LogP contribution < -0.4 is 5.32 Å². The van der Waals surface area contributed by atoms with E-state index in [-0.39, 0.29) is 12.1 Å². The van der Waals surface area contributed by atoms with Gasteiger partial charge in [0.05, 0.1) is 6.61 Å². The first kappa shape index (κ1) is 15.7. The highest BCUT2D eigenvalue weighted by atomic mass is 16.3. The maximum Gasteiger partial charge on any atom is 0.0611 e. The van der Waals surface area contributed by atoms with E-state index in [1.807, 2.05) is 0 Å². The minimum absolute atomic E-state index is 0.113. The lowest BCUT2D eigenvalue weighted by atomic mass is 9.92. The molecule has 3 fully saturated rings. The van der Waals surface area contributed by atoms with E-state index in [4.69, 9.17) is 0 Å². The summed E-state index contributed by atoms with van der Waals surface area (Å²) in [5, 5.41) is 13.5. The van der Waals surface area contributed by atoms with Gasteiger partial charge in [0.2, 0.25) is 0 Å². The van der Waals surface area contributed by atoms with Crippen LogP contribution >= 0.6 is 0 Å². The summed E-state index contributed by atoms with van der Waals surface area (Å²) in [4.78, 5) is 5.28. The van der Waals surface area contributed by atoms with Crippen molar-refractivity contribution in [2.24, 2.45) is 0 Å². The summed E-state index contributed by atoms with van der Waals surface area (Å²) in [6.07, 6.45) is 7.66. The lowest BCUT2D eigenvalue weighted by Crippen LogP contribution is -2.52. The van der Waals surface area contributed by atoms with Crippen LogP contribution in [0, 0.1) is 0 Å². The number of fused-ring (bicyclic) bond motifs is 2. The van der Waals surface area contributed by atoms with Crippen LogP contribution in [0.3, 0.4) is 0 Å². The minimum atomic E-state index is -0.113. The van der Waals surface area contributed by atoms with Crippen molar-refractivity contribution >= 4 is 0 Å². The Bertz CT molecular complexity index is 360. The van der Waals surface area contributed by atoms with Crippen molar-refractivity contribution in [1.29, 1.82) is 0 Å². The predicted molar refractivity (Wildman–Crippen MR) is 86.5 cm³/mol. The molecule has 2 N–H and O–H groups in total. The Morgan fingerprint density at radius 3 is 2.57 bits per heavy atom. The predicted octanol–water partition coefficient (Wildman–Crippen LogP) is 1.44. The van der Waals surface area contributed by atoms with Gasteiger partial charge in [0.1, 0.15) is 0 Å². The number of aliphatic hydroxyl groups excluding tert-OH is 1. The van der Waals surface area contributed by atoms with E-state index in [1.54, 1.807) is 0 Å². The number of rotatable bonds is 6. The van der Waals surface area contributed by atoms with Crippen molar-refractivity contribution < 1.29 is 5.11 Å². The quantitative estimate of drug-likeness (QED) is 0.778. The Morgan fingerprint density at radius 2 is 1.90 bits per heavy atom. The topological polar surface area (TPSA) is 38.7 Å². The number of likely N-dealkylation sites (N-methyl/N-ethyl adjacent to an activating group) is 1. The van der Waals surface area contributed by atoms with Crippen LogP contribution in [0.4, 0.5) is 0 Å². The van der Waals surface area contributed by atoms with E-state index < -0.39 is 0 Å². The third-order valence-electron chi connectivity index (χ3n) is 6.03. The van der Waals surface area contributed by atoms with Gasteiger partial charge in [-0.25, -0.2) is 0 Å². The standard InChI is InChI=1S/C17H33N3O/c1-13(10-17(2,12-21)18-14-4-5-14)20-9-8-15-6-7-16(11-20)19(15)3/h13-16,18,21H,4-12H2,1-3H3. The van der Waals surface area contributed by atoms with Gasteiger partial charge in [-0.1, -0.05) is 0 Å². The monoisotopic (exact) mass is 295 g/mol. The van der Waals surface area contributed by atoms with E-state index in [2.05, 4.69) is 36.0 Å². The Hall–Kier alpha value is -0.160. The van der Waals surface area contributed by atoms with Crippen molar-refractivity contribution in [3.8, 4) is 0 Å². The molecule has 4 unspecified atom stereocenters. The summed E-state index contributed by atoms with van der Waals surface area (Å²) in [6.45, 7) is 7.21. The van der Waals surface area contributed by atoms with E-state index in [0.717, 1.165) is 18.5 Å². The van der Waals surface area contributed by atoms with Crippen LogP contribution in [0.15, 0.2) is 0 Å². The Labute approximate surface area is 129 Å². The van der Waals surface area contributed by atoms with Gasteiger partial charge in [0.25, 0.3) is 0 Å². The number of likely N-dealkylation sites (tertiary alicyclic amines) is 1. The summed E-state index contributed by atoms with van der Waals surface area (Å²) in [7, 11) is 2.31.